The van der Waals surface area contributed by atoms with Gasteiger partial charge in [-0.2, -0.15) is 0 Å². The molecule has 5 nitrogen and oxygen atoms in total. The highest BCUT2D eigenvalue weighted by Crippen LogP contribution is 2.05. The van der Waals surface area contributed by atoms with Gasteiger partial charge in [-0.15, -0.1) is 6.58 Å². The molecule has 0 radical (unpaired) electrons. The maximum atomic E-state index is 10.2. The van der Waals surface area contributed by atoms with E-state index in [-0.39, 0.29) is 5.92 Å². The highest BCUT2D eigenvalue weighted by molar-refractivity contribution is 5.73. The van der Waals surface area contributed by atoms with Crippen molar-refractivity contribution >= 4 is 11.9 Å². The van der Waals surface area contributed by atoms with Crippen LogP contribution in [0.15, 0.2) is 12.7 Å². The second-order valence-electron chi connectivity index (χ2n) is 3.32. The summed E-state index contributed by atoms with van der Waals surface area (Å²) in [6.07, 6.45) is 3.30. The van der Waals surface area contributed by atoms with Crippen LogP contribution in [-0.4, -0.2) is 28.2 Å². The topological polar surface area (TPSA) is 101 Å². The monoisotopic (exact) mass is 231 g/mol. The zero-order valence-electron chi connectivity index (χ0n) is 9.85. The number of rotatable bonds is 6. The number of carbonyl (C=O) groups is 2. The maximum absolute atomic E-state index is 10.2. The van der Waals surface area contributed by atoms with E-state index in [1.165, 1.54) is 6.08 Å². The Balaban J connectivity index is 0. The summed E-state index contributed by atoms with van der Waals surface area (Å²) < 4.78 is 0. The van der Waals surface area contributed by atoms with Crippen molar-refractivity contribution in [1.82, 2.24) is 0 Å². The highest BCUT2D eigenvalue weighted by Gasteiger charge is 2.10. The van der Waals surface area contributed by atoms with E-state index >= 15 is 0 Å². The van der Waals surface area contributed by atoms with E-state index in [4.69, 9.17) is 15.9 Å². The molecule has 0 rings (SSSR count). The minimum absolute atomic E-state index is 0.130. The van der Waals surface area contributed by atoms with E-state index in [0.717, 1.165) is 12.8 Å². The summed E-state index contributed by atoms with van der Waals surface area (Å²) in [5.74, 6) is -1.78. The standard InChI is InChI=1S/C6H12O2.C5H9NO2/c1-3-5(4-2)6(7)8;1-2-3-4(6)5(7)8/h5H,3-4H2,1-2H3,(H,7,8);2,4H,1,3,6H2,(H,7,8). The number of aliphatic carboxylic acids is 2. The quantitative estimate of drug-likeness (QED) is 0.601. The summed E-state index contributed by atoms with van der Waals surface area (Å²) in [4.78, 5) is 20.1. The van der Waals surface area contributed by atoms with Gasteiger partial charge >= 0.3 is 11.9 Å². The van der Waals surface area contributed by atoms with E-state index < -0.39 is 18.0 Å². The lowest BCUT2D eigenvalue weighted by Gasteiger charge is -2.02. The van der Waals surface area contributed by atoms with Crippen molar-refractivity contribution in [3.8, 4) is 0 Å². The van der Waals surface area contributed by atoms with Crippen LogP contribution in [0.25, 0.3) is 0 Å². The van der Waals surface area contributed by atoms with Gasteiger partial charge in [0.1, 0.15) is 6.04 Å². The van der Waals surface area contributed by atoms with Crippen LogP contribution in [0.2, 0.25) is 0 Å². The molecule has 0 aromatic heterocycles. The number of hydrogen-bond donors (Lipinski definition) is 3. The molecule has 0 saturated heterocycles. The second kappa shape index (κ2) is 10.2. The Morgan fingerprint density at radius 2 is 1.69 bits per heavy atom. The second-order valence-corrected chi connectivity index (χ2v) is 3.32. The van der Waals surface area contributed by atoms with Crippen LogP contribution in [0.4, 0.5) is 0 Å². The molecule has 0 saturated carbocycles. The van der Waals surface area contributed by atoms with Gasteiger partial charge in [0, 0.05) is 0 Å². The highest BCUT2D eigenvalue weighted by atomic mass is 16.4. The minimum atomic E-state index is -0.982. The minimum Gasteiger partial charge on any atom is -0.481 e. The van der Waals surface area contributed by atoms with Crippen molar-refractivity contribution < 1.29 is 19.8 Å². The van der Waals surface area contributed by atoms with Gasteiger partial charge in [0.15, 0.2) is 0 Å². The van der Waals surface area contributed by atoms with Crippen molar-refractivity contribution in [2.75, 3.05) is 0 Å². The van der Waals surface area contributed by atoms with Gasteiger partial charge in [-0.3, -0.25) is 9.59 Å². The summed E-state index contributed by atoms with van der Waals surface area (Å²) in [6, 6.07) is -0.785. The van der Waals surface area contributed by atoms with E-state index in [0.29, 0.717) is 6.42 Å². The first-order chi connectivity index (χ1) is 7.40. The Morgan fingerprint density at radius 1 is 1.25 bits per heavy atom. The number of carboxylic acids is 2. The third-order valence-electron chi connectivity index (χ3n) is 2.07. The molecule has 0 aliphatic carbocycles. The normalized spacial score (nSPS) is 11.2. The molecule has 0 aromatic carbocycles. The Labute approximate surface area is 96.0 Å². The fourth-order valence-corrected chi connectivity index (χ4v) is 0.918. The van der Waals surface area contributed by atoms with Gasteiger partial charge in [-0.05, 0) is 19.3 Å². The molecule has 0 heterocycles. The molecule has 0 bridgehead atoms. The summed E-state index contributed by atoms with van der Waals surface area (Å²) in [5, 5.41) is 16.5. The first-order valence-electron chi connectivity index (χ1n) is 5.22. The smallest absolute Gasteiger partial charge is 0.320 e. The molecule has 16 heavy (non-hydrogen) atoms. The van der Waals surface area contributed by atoms with Crippen molar-refractivity contribution in [3.05, 3.63) is 12.7 Å². The summed E-state index contributed by atoms with van der Waals surface area (Å²) >= 11 is 0. The predicted octanol–water partition coefficient (Wildman–Crippen LogP) is 1.48. The third-order valence-corrected chi connectivity index (χ3v) is 2.07. The lowest BCUT2D eigenvalue weighted by Crippen LogP contribution is -2.28. The van der Waals surface area contributed by atoms with E-state index in [9.17, 15) is 9.59 Å². The molecular formula is C11H21NO4. The molecule has 94 valence electrons. The third kappa shape index (κ3) is 9.21. The lowest BCUT2D eigenvalue weighted by molar-refractivity contribution is -0.142. The van der Waals surface area contributed by atoms with Gasteiger partial charge < -0.3 is 15.9 Å². The molecule has 0 amide bonds. The lowest BCUT2D eigenvalue weighted by atomic mass is 10.1. The predicted molar refractivity (Wildman–Crippen MR) is 62.1 cm³/mol. The van der Waals surface area contributed by atoms with Crippen LogP contribution >= 0.6 is 0 Å². The van der Waals surface area contributed by atoms with Gasteiger partial charge in [-0.25, -0.2) is 0 Å². The van der Waals surface area contributed by atoms with Crippen LogP contribution in [0.1, 0.15) is 33.1 Å². The first-order valence-corrected chi connectivity index (χ1v) is 5.22. The van der Waals surface area contributed by atoms with E-state index in [1.807, 2.05) is 13.8 Å². The number of hydrogen-bond acceptors (Lipinski definition) is 3. The van der Waals surface area contributed by atoms with Crippen LogP contribution in [0, 0.1) is 5.92 Å². The van der Waals surface area contributed by atoms with Crippen LogP contribution in [0.5, 0.6) is 0 Å². The van der Waals surface area contributed by atoms with Gasteiger partial charge in [0.05, 0.1) is 5.92 Å². The van der Waals surface area contributed by atoms with Gasteiger partial charge in [0.25, 0.3) is 0 Å². The molecular weight excluding hydrogens is 210 g/mol. The number of nitrogens with two attached hydrogens (primary N) is 1. The molecule has 1 atom stereocenters. The van der Waals surface area contributed by atoms with Crippen molar-refractivity contribution in [2.24, 2.45) is 11.7 Å². The molecule has 0 aliphatic heterocycles. The molecule has 1 unspecified atom stereocenters. The van der Waals surface area contributed by atoms with Crippen molar-refractivity contribution in [1.29, 1.82) is 0 Å². The zero-order valence-corrected chi connectivity index (χ0v) is 9.85. The molecule has 0 fully saturated rings. The fraction of sp³-hybridized carbons (Fsp3) is 0.636. The van der Waals surface area contributed by atoms with Gasteiger partial charge in [0.2, 0.25) is 0 Å². The molecule has 0 spiro atoms. The average molecular weight is 231 g/mol. The van der Waals surface area contributed by atoms with Crippen molar-refractivity contribution in [2.45, 2.75) is 39.2 Å². The average Bonchev–Trinajstić information content (AvgIpc) is 2.20. The Bertz CT molecular complexity index is 224. The summed E-state index contributed by atoms with van der Waals surface area (Å²) in [6.45, 7) is 7.12. The largest absolute Gasteiger partial charge is 0.481 e. The van der Waals surface area contributed by atoms with Crippen molar-refractivity contribution in [3.63, 3.8) is 0 Å². The van der Waals surface area contributed by atoms with E-state index in [1.54, 1.807) is 0 Å². The molecule has 0 aromatic rings. The fourth-order valence-electron chi connectivity index (χ4n) is 0.918. The molecule has 5 heteroatoms. The van der Waals surface area contributed by atoms with Crippen LogP contribution < -0.4 is 5.73 Å². The molecule has 4 N–H and O–H groups in total. The van der Waals surface area contributed by atoms with E-state index in [2.05, 4.69) is 6.58 Å². The first kappa shape index (κ1) is 17.0. The Morgan fingerprint density at radius 3 is 1.75 bits per heavy atom. The Kier molecular flexibility index (Phi) is 10.8. The number of carboxylic acid groups (broad SMARTS) is 2. The zero-order chi connectivity index (χ0) is 13.1. The van der Waals surface area contributed by atoms with Gasteiger partial charge in [-0.1, -0.05) is 19.9 Å². The molecule has 0 aliphatic rings. The van der Waals surface area contributed by atoms with Crippen LogP contribution in [-0.2, 0) is 9.59 Å². The SMILES string of the molecule is C=CCC(N)C(=O)O.CCC(CC)C(=O)O. The maximum Gasteiger partial charge on any atom is 0.320 e. The summed E-state index contributed by atoms with van der Waals surface area (Å²) in [5.41, 5.74) is 5.06. The summed E-state index contributed by atoms with van der Waals surface area (Å²) in [7, 11) is 0. The Hall–Kier alpha value is -1.36. The van der Waals surface area contributed by atoms with Crippen LogP contribution in [0.3, 0.4) is 0 Å².